The van der Waals surface area contributed by atoms with E-state index in [1.807, 2.05) is 0 Å². The molecule has 5 heteroatoms. The van der Waals surface area contributed by atoms with Crippen molar-refractivity contribution in [1.82, 2.24) is 0 Å². The minimum Gasteiger partial charge on any atom is -0.477 e. The van der Waals surface area contributed by atoms with Crippen LogP contribution in [0.3, 0.4) is 0 Å². The van der Waals surface area contributed by atoms with Crippen LogP contribution in [0.4, 0.5) is 0 Å². The van der Waals surface area contributed by atoms with E-state index in [-0.39, 0.29) is 12.2 Å². The maximum atomic E-state index is 10.9. The molecule has 0 aromatic carbocycles. The van der Waals surface area contributed by atoms with Gasteiger partial charge in [0.25, 0.3) is 0 Å². The van der Waals surface area contributed by atoms with Crippen molar-refractivity contribution in [2.75, 3.05) is 0 Å². The first-order valence-electron chi connectivity index (χ1n) is 4.05. The van der Waals surface area contributed by atoms with E-state index in [4.69, 9.17) is 5.11 Å². The summed E-state index contributed by atoms with van der Waals surface area (Å²) in [6.07, 6.45) is 0.181. The zero-order chi connectivity index (χ0) is 11.3. The molecule has 0 amide bonds. The number of carboxylic acids is 1. The topological polar surface area (TPSA) is 80.7 Å². The fraction of sp³-hybridized carbons (Fsp3) is 0.444. The lowest BCUT2D eigenvalue weighted by Crippen LogP contribution is -2.14. The number of carboxylic acid groups (broad SMARTS) is 1. The lowest BCUT2D eigenvalue weighted by Gasteiger charge is -2.07. The van der Waals surface area contributed by atoms with Crippen molar-refractivity contribution < 1.29 is 24.2 Å². The molecular weight excluding hydrogens is 188 g/mol. The fourth-order valence-electron chi connectivity index (χ4n) is 0.940. The van der Waals surface area contributed by atoms with Crippen LogP contribution in [0.5, 0.6) is 0 Å². The third-order valence-electron chi connectivity index (χ3n) is 1.43. The maximum absolute atomic E-state index is 10.9. The Kier molecular flexibility index (Phi) is 4.55. The second-order valence-corrected chi connectivity index (χ2v) is 2.61. The Bertz CT molecular complexity index is 284. The van der Waals surface area contributed by atoms with Crippen molar-refractivity contribution in [2.24, 2.45) is 0 Å². The number of hydrogen-bond donors (Lipinski definition) is 1. The number of carbonyl (C=O) groups excluding carboxylic acids is 2. The highest BCUT2D eigenvalue weighted by Gasteiger charge is 2.20. The van der Waals surface area contributed by atoms with E-state index < -0.39 is 23.3 Å². The van der Waals surface area contributed by atoms with Gasteiger partial charge in [-0.3, -0.25) is 9.59 Å². The zero-order valence-electron chi connectivity index (χ0n) is 8.29. The maximum Gasteiger partial charge on any atom is 0.342 e. The van der Waals surface area contributed by atoms with E-state index >= 15 is 0 Å². The smallest absolute Gasteiger partial charge is 0.342 e. The molecule has 0 aliphatic carbocycles. The summed E-state index contributed by atoms with van der Waals surface area (Å²) in [6.45, 7) is 3.86. The lowest BCUT2D eigenvalue weighted by atomic mass is 10.1. The molecule has 0 spiro atoms. The molecule has 0 bridgehead atoms. The van der Waals surface area contributed by atoms with Gasteiger partial charge in [0.1, 0.15) is 11.3 Å². The Labute approximate surface area is 81.4 Å². The van der Waals surface area contributed by atoms with Crippen LogP contribution in [-0.2, 0) is 19.1 Å². The van der Waals surface area contributed by atoms with Gasteiger partial charge in [-0.05, 0) is 6.92 Å². The first-order valence-corrected chi connectivity index (χ1v) is 4.05. The lowest BCUT2D eigenvalue weighted by molar-refractivity contribution is -0.138. The number of aliphatic carboxylic acids is 1. The average Bonchev–Trinajstić information content (AvgIpc) is 2.00. The molecule has 0 heterocycles. The normalized spacial score (nSPS) is 11.6. The van der Waals surface area contributed by atoms with Gasteiger partial charge >= 0.3 is 11.9 Å². The number of esters is 1. The number of ketones is 1. The molecule has 0 fully saturated rings. The van der Waals surface area contributed by atoms with Gasteiger partial charge in [0.05, 0.1) is 0 Å². The molecule has 0 unspecified atom stereocenters. The molecule has 14 heavy (non-hydrogen) atoms. The van der Waals surface area contributed by atoms with Crippen LogP contribution in [0.25, 0.3) is 0 Å². The predicted octanol–water partition coefficient (Wildman–Crippen LogP) is 0.887. The van der Waals surface area contributed by atoms with Crippen molar-refractivity contribution in [3.05, 3.63) is 11.3 Å². The Morgan fingerprint density at radius 1 is 1.21 bits per heavy atom. The SMILES string of the molecule is CC/C(OC(C)=O)=C(\C(C)=O)C(=O)O. The van der Waals surface area contributed by atoms with Crippen LogP contribution in [0.2, 0.25) is 0 Å². The van der Waals surface area contributed by atoms with Gasteiger partial charge in [0.15, 0.2) is 5.78 Å². The van der Waals surface area contributed by atoms with Crippen LogP contribution < -0.4 is 0 Å². The third-order valence-corrected chi connectivity index (χ3v) is 1.43. The molecule has 0 saturated heterocycles. The van der Waals surface area contributed by atoms with Crippen LogP contribution in [-0.4, -0.2) is 22.8 Å². The summed E-state index contributed by atoms with van der Waals surface area (Å²) in [7, 11) is 0. The molecule has 0 aliphatic rings. The minimum absolute atomic E-state index is 0.0995. The van der Waals surface area contributed by atoms with Crippen molar-refractivity contribution in [3.8, 4) is 0 Å². The predicted molar refractivity (Wildman–Crippen MR) is 47.4 cm³/mol. The molecular formula is C9H12O5. The number of Topliss-reactive ketones (excluding diaryl/α,β-unsaturated/α-hetero) is 1. The van der Waals surface area contributed by atoms with E-state index in [0.717, 1.165) is 13.8 Å². The third kappa shape index (κ3) is 3.38. The Hall–Kier alpha value is -1.65. The van der Waals surface area contributed by atoms with Crippen LogP contribution in [0, 0.1) is 0 Å². The van der Waals surface area contributed by atoms with Crippen molar-refractivity contribution in [3.63, 3.8) is 0 Å². The van der Waals surface area contributed by atoms with Gasteiger partial charge in [0.2, 0.25) is 0 Å². The molecule has 0 radical (unpaired) electrons. The van der Waals surface area contributed by atoms with Crippen molar-refractivity contribution in [1.29, 1.82) is 0 Å². The monoisotopic (exact) mass is 200 g/mol. The van der Waals surface area contributed by atoms with Crippen LogP contribution >= 0.6 is 0 Å². The van der Waals surface area contributed by atoms with Gasteiger partial charge in [-0.15, -0.1) is 0 Å². The number of hydrogen-bond acceptors (Lipinski definition) is 4. The number of rotatable bonds is 4. The van der Waals surface area contributed by atoms with Gasteiger partial charge in [-0.2, -0.15) is 0 Å². The minimum atomic E-state index is -1.38. The first-order chi connectivity index (χ1) is 6.40. The van der Waals surface area contributed by atoms with Gasteiger partial charge in [-0.1, -0.05) is 6.92 Å². The standard InChI is InChI=1S/C9H12O5/c1-4-7(14-6(3)11)8(5(2)10)9(12)13/h4H2,1-3H3,(H,12,13)/b8-7-. The summed E-state index contributed by atoms with van der Waals surface area (Å²) in [4.78, 5) is 32.2. The fourth-order valence-corrected chi connectivity index (χ4v) is 0.940. The highest BCUT2D eigenvalue weighted by molar-refractivity contribution is 6.16. The molecule has 0 aromatic heterocycles. The Morgan fingerprint density at radius 3 is 1.93 bits per heavy atom. The summed E-state index contributed by atoms with van der Waals surface area (Å²) in [6, 6.07) is 0. The van der Waals surface area contributed by atoms with E-state index in [0.29, 0.717) is 0 Å². The molecule has 1 N–H and O–H groups in total. The van der Waals surface area contributed by atoms with Crippen molar-refractivity contribution >= 4 is 17.7 Å². The first kappa shape index (κ1) is 12.3. The second-order valence-electron chi connectivity index (χ2n) is 2.61. The Balaban J connectivity index is 5.19. The van der Waals surface area contributed by atoms with E-state index in [1.165, 1.54) is 0 Å². The van der Waals surface area contributed by atoms with Gasteiger partial charge in [-0.25, -0.2) is 4.79 Å². The van der Waals surface area contributed by atoms with Crippen LogP contribution in [0.1, 0.15) is 27.2 Å². The van der Waals surface area contributed by atoms with Crippen molar-refractivity contribution in [2.45, 2.75) is 27.2 Å². The average molecular weight is 200 g/mol. The van der Waals surface area contributed by atoms with E-state index in [1.54, 1.807) is 6.92 Å². The molecule has 0 saturated carbocycles. The number of ether oxygens (including phenoxy) is 1. The summed E-state index contributed by atoms with van der Waals surface area (Å²) >= 11 is 0. The molecule has 0 atom stereocenters. The molecule has 0 aromatic rings. The molecule has 0 rings (SSSR count). The molecule has 78 valence electrons. The van der Waals surface area contributed by atoms with E-state index in [9.17, 15) is 14.4 Å². The molecule has 0 aliphatic heterocycles. The quantitative estimate of drug-likeness (QED) is 0.239. The summed E-state index contributed by atoms with van der Waals surface area (Å²) in [5.41, 5.74) is -0.470. The van der Waals surface area contributed by atoms with Gasteiger partial charge in [0, 0.05) is 13.3 Å². The van der Waals surface area contributed by atoms with Gasteiger partial charge < -0.3 is 9.84 Å². The number of allylic oxidation sites excluding steroid dienone is 1. The summed E-state index contributed by atoms with van der Waals surface area (Å²) < 4.78 is 4.62. The summed E-state index contributed by atoms with van der Waals surface area (Å²) in [5, 5.41) is 8.69. The van der Waals surface area contributed by atoms with Crippen LogP contribution in [0.15, 0.2) is 11.3 Å². The largest absolute Gasteiger partial charge is 0.477 e. The molecule has 5 nitrogen and oxygen atoms in total. The van der Waals surface area contributed by atoms with E-state index in [2.05, 4.69) is 4.74 Å². The second kappa shape index (κ2) is 5.16. The highest BCUT2D eigenvalue weighted by atomic mass is 16.5. The highest BCUT2D eigenvalue weighted by Crippen LogP contribution is 2.12. The Morgan fingerprint density at radius 2 is 1.71 bits per heavy atom. The number of carbonyl (C=O) groups is 3. The zero-order valence-corrected chi connectivity index (χ0v) is 8.29. The summed E-state index contributed by atoms with van der Waals surface area (Å²) in [5.74, 6) is -2.74.